The van der Waals surface area contributed by atoms with Crippen LogP contribution in [0.5, 0.6) is 0 Å². The molecule has 1 aromatic rings. The van der Waals surface area contributed by atoms with E-state index in [1.54, 1.807) is 6.07 Å². The Morgan fingerprint density at radius 1 is 1.28 bits per heavy atom. The third kappa shape index (κ3) is 1.17. The second kappa shape index (κ2) is 3.11. The number of hydrogen-bond acceptors (Lipinski definition) is 3. The zero-order chi connectivity index (χ0) is 12.7. The molecule has 3 aliphatic carbocycles. The van der Waals surface area contributed by atoms with Crippen LogP contribution in [0.3, 0.4) is 0 Å². The molecule has 3 fully saturated rings. The van der Waals surface area contributed by atoms with Gasteiger partial charge < -0.3 is 10.0 Å². The van der Waals surface area contributed by atoms with Gasteiger partial charge in [-0.25, -0.2) is 0 Å². The van der Waals surface area contributed by atoms with Crippen LogP contribution in [-0.2, 0) is 0 Å². The van der Waals surface area contributed by atoms with Gasteiger partial charge in [-0.2, -0.15) is 0 Å². The van der Waals surface area contributed by atoms with Gasteiger partial charge in [0.05, 0.1) is 10.7 Å². The maximum Gasteiger partial charge on any atom is 0.490 e. The minimum atomic E-state index is -1.49. The van der Waals surface area contributed by atoms with Crippen molar-refractivity contribution in [1.29, 1.82) is 0 Å². The zero-order valence-corrected chi connectivity index (χ0v) is 11.0. The number of hydrogen-bond donors (Lipinski definition) is 2. The van der Waals surface area contributed by atoms with Crippen molar-refractivity contribution in [1.82, 2.24) is 4.98 Å². The highest BCUT2D eigenvalue weighted by Gasteiger charge is 2.87. The minimum Gasteiger partial charge on any atom is -0.423 e. The number of rotatable bonds is 2. The van der Waals surface area contributed by atoms with E-state index < -0.39 is 7.12 Å². The summed E-state index contributed by atoms with van der Waals surface area (Å²) in [6, 6.07) is 1.67. The van der Waals surface area contributed by atoms with Crippen LogP contribution in [0.4, 0.5) is 0 Å². The average Bonchev–Trinajstić information content (AvgIpc) is 3.17. The van der Waals surface area contributed by atoms with Crippen molar-refractivity contribution in [2.75, 3.05) is 0 Å². The summed E-state index contributed by atoms with van der Waals surface area (Å²) in [6.07, 6.45) is 5.27. The molecule has 2 spiro atoms. The van der Waals surface area contributed by atoms with Crippen molar-refractivity contribution in [3.8, 4) is 0 Å². The highest BCUT2D eigenvalue weighted by molar-refractivity contribution is 6.59. The molecular formula is C13H15BClNO2. The molecule has 0 radical (unpaired) electrons. The van der Waals surface area contributed by atoms with Crippen LogP contribution >= 0.6 is 11.6 Å². The molecule has 2 N–H and O–H groups in total. The fraction of sp³-hybridized carbons (Fsp3) is 0.615. The van der Waals surface area contributed by atoms with Crippen molar-refractivity contribution >= 4 is 24.2 Å². The topological polar surface area (TPSA) is 53.4 Å². The van der Waals surface area contributed by atoms with Crippen LogP contribution in [0.1, 0.15) is 43.0 Å². The first kappa shape index (κ1) is 11.3. The first-order valence-electron chi connectivity index (χ1n) is 6.55. The molecule has 3 nitrogen and oxygen atoms in total. The summed E-state index contributed by atoms with van der Waals surface area (Å²) in [5, 5.41) is 19.1. The third-order valence-electron chi connectivity index (χ3n) is 5.38. The Labute approximate surface area is 111 Å². The molecule has 0 saturated heterocycles. The second-order valence-corrected chi connectivity index (χ2v) is 6.56. The number of fused-ring (bicyclic) bond motifs is 1. The van der Waals surface area contributed by atoms with Gasteiger partial charge in [-0.3, -0.25) is 4.98 Å². The lowest BCUT2D eigenvalue weighted by atomic mass is 9.79. The Kier molecular flexibility index (Phi) is 1.95. The Morgan fingerprint density at radius 2 is 1.83 bits per heavy atom. The van der Waals surface area contributed by atoms with Gasteiger partial charge in [-0.15, -0.1) is 0 Å². The minimum absolute atomic E-state index is 0.416. The molecule has 0 aliphatic heterocycles. The van der Waals surface area contributed by atoms with Crippen LogP contribution in [0, 0.1) is 17.8 Å². The summed E-state index contributed by atoms with van der Waals surface area (Å²) in [4.78, 5) is 4.58. The number of aryl methyl sites for hydroxylation is 1. The van der Waals surface area contributed by atoms with Crippen molar-refractivity contribution < 1.29 is 10.0 Å². The SMILES string of the molecule is Cc1nc(C2C3(CC3)C23CC3)c(Cl)cc1B(O)O. The summed E-state index contributed by atoms with van der Waals surface area (Å²) in [6.45, 7) is 1.82. The number of halogens is 1. The Bertz CT molecular complexity index is 534. The molecule has 4 rings (SSSR count). The summed E-state index contributed by atoms with van der Waals surface area (Å²) in [5.41, 5.74) is 3.14. The Hall–Kier alpha value is -0.575. The van der Waals surface area contributed by atoms with Crippen LogP contribution in [-0.4, -0.2) is 22.2 Å². The normalized spacial score (nSPS) is 25.6. The molecule has 94 valence electrons. The first-order chi connectivity index (χ1) is 8.52. The maximum absolute atomic E-state index is 9.26. The quantitative estimate of drug-likeness (QED) is 0.793. The third-order valence-corrected chi connectivity index (χ3v) is 5.68. The Morgan fingerprint density at radius 3 is 2.28 bits per heavy atom. The molecule has 5 heteroatoms. The van der Waals surface area contributed by atoms with Crippen LogP contribution in [0.25, 0.3) is 0 Å². The van der Waals surface area contributed by atoms with E-state index in [2.05, 4.69) is 4.98 Å². The van der Waals surface area contributed by atoms with Gasteiger partial charge in [0.2, 0.25) is 0 Å². The largest absolute Gasteiger partial charge is 0.490 e. The fourth-order valence-electron chi connectivity index (χ4n) is 4.18. The van der Waals surface area contributed by atoms with E-state index in [1.165, 1.54) is 25.7 Å². The van der Waals surface area contributed by atoms with Gasteiger partial charge in [-0.1, -0.05) is 11.6 Å². The van der Waals surface area contributed by atoms with Gasteiger partial charge in [0.1, 0.15) is 0 Å². The van der Waals surface area contributed by atoms with E-state index in [0.29, 0.717) is 32.9 Å². The summed E-state index contributed by atoms with van der Waals surface area (Å²) >= 11 is 6.31. The average molecular weight is 264 g/mol. The lowest BCUT2D eigenvalue weighted by Crippen LogP contribution is -2.33. The van der Waals surface area contributed by atoms with Crippen molar-refractivity contribution in [3.63, 3.8) is 0 Å². The highest BCUT2D eigenvalue weighted by Crippen LogP contribution is 2.95. The molecule has 1 heterocycles. The molecule has 3 aliphatic rings. The fourth-order valence-corrected chi connectivity index (χ4v) is 4.45. The van der Waals surface area contributed by atoms with Gasteiger partial charge in [0.15, 0.2) is 0 Å². The van der Waals surface area contributed by atoms with E-state index >= 15 is 0 Å². The smallest absolute Gasteiger partial charge is 0.423 e. The van der Waals surface area contributed by atoms with Crippen molar-refractivity contribution in [2.45, 2.75) is 38.5 Å². The van der Waals surface area contributed by atoms with E-state index in [1.807, 2.05) is 6.92 Å². The van der Waals surface area contributed by atoms with Gasteiger partial charge in [0, 0.05) is 17.1 Å². The molecule has 0 amide bonds. The molecule has 0 atom stereocenters. The van der Waals surface area contributed by atoms with E-state index in [0.717, 1.165) is 5.69 Å². The molecular weight excluding hydrogens is 248 g/mol. The maximum atomic E-state index is 9.26. The number of nitrogens with zero attached hydrogens (tertiary/aromatic N) is 1. The van der Waals surface area contributed by atoms with E-state index in [4.69, 9.17) is 11.6 Å². The van der Waals surface area contributed by atoms with Gasteiger partial charge in [-0.05, 0) is 49.5 Å². The second-order valence-electron chi connectivity index (χ2n) is 6.15. The molecule has 3 saturated carbocycles. The lowest BCUT2D eigenvalue weighted by Gasteiger charge is -2.09. The monoisotopic (exact) mass is 263 g/mol. The summed E-state index contributed by atoms with van der Waals surface area (Å²) in [5.74, 6) is 0.529. The summed E-state index contributed by atoms with van der Waals surface area (Å²) < 4.78 is 0. The molecule has 18 heavy (non-hydrogen) atoms. The predicted octanol–water partition coefficient (Wildman–Crippen LogP) is 1.38. The number of aromatic nitrogens is 1. The zero-order valence-electron chi connectivity index (χ0n) is 10.3. The van der Waals surface area contributed by atoms with Crippen molar-refractivity contribution in [3.05, 3.63) is 22.5 Å². The molecule has 1 aromatic heterocycles. The van der Waals surface area contributed by atoms with Crippen LogP contribution in [0.2, 0.25) is 5.02 Å². The van der Waals surface area contributed by atoms with Gasteiger partial charge >= 0.3 is 7.12 Å². The molecule has 0 bridgehead atoms. The van der Waals surface area contributed by atoms with Crippen LogP contribution < -0.4 is 5.46 Å². The van der Waals surface area contributed by atoms with Crippen molar-refractivity contribution in [2.24, 2.45) is 10.8 Å². The van der Waals surface area contributed by atoms with E-state index in [9.17, 15) is 10.0 Å². The molecule has 0 aromatic carbocycles. The first-order valence-corrected chi connectivity index (χ1v) is 6.93. The van der Waals surface area contributed by atoms with Crippen LogP contribution in [0.15, 0.2) is 6.07 Å². The predicted molar refractivity (Wildman–Crippen MR) is 69.9 cm³/mol. The standard InChI is InChI=1S/C13H15BClNO2/c1-7-8(14(17)18)6-9(15)10(16-7)11-12(2-3-12)13(11)4-5-13/h6,11,17-18H,2-5H2,1H3. The van der Waals surface area contributed by atoms with E-state index in [-0.39, 0.29) is 0 Å². The number of pyridine rings is 1. The highest BCUT2D eigenvalue weighted by atomic mass is 35.5. The summed E-state index contributed by atoms with van der Waals surface area (Å²) in [7, 11) is -1.49. The van der Waals surface area contributed by atoms with Gasteiger partial charge in [0.25, 0.3) is 0 Å². The lowest BCUT2D eigenvalue weighted by molar-refractivity contribution is 0.425. The molecule has 0 unspecified atom stereocenters. The Balaban J connectivity index is 1.77.